The molecule has 0 radical (unpaired) electrons. The number of carbonyl (C=O) groups is 1. The van der Waals surface area contributed by atoms with Crippen LogP contribution in [0.1, 0.15) is 32.6 Å². The molecule has 12 heavy (non-hydrogen) atoms. The van der Waals surface area contributed by atoms with Crippen molar-refractivity contribution < 1.29 is 18.8 Å². The molecule has 0 aromatic carbocycles. The molecular formula is C7H14O4P+. The number of carbonyl (C=O) groups excluding carboxylic acids is 1. The fraction of sp³-hybridized carbons (Fsp3) is 0.857. The largest absolute Gasteiger partial charge is 0.695 e. The number of Topliss-reactive ketones (excluding diaryl/α,β-unsaturated/α-hetero) is 1. The van der Waals surface area contributed by atoms with Crippen LogP contribution in [0.3, 0.4) is 0 Å². The Morgan fingerprint density at radius 1 is 1.50 bits per heavy atom. The molecule has 0 aliphatic rings. The Bertz CT molecular complexity index is 157. The summed E-state index contributed by atoms with van der Waals surface area (Å²) in [7, 11) is -2.62. The maximum Gasteiger partial charge on any atom is 0.695 e. The van der Waals surface area contributed by atoms with E-state index in [4.69, 9.17) is 4.89 Å². The first kappa shape index (κ1) is 11.7. The second kappa shape index (κ2) is 7.35. The first-order chi connectivity index (χ1) is 5.66. The van der Waals surface area contributed by atoms with Gasteiger partial charge in [-0.1, -0.05) is 19.8 Å². The molecule has 0 saturated carbocycles. The summed E-state index contributed by atoms with van der Waals surface area (Å²) in [4.78, 5) is 19.1. The van der Waals surface area contributed by atoms with Crippen LogP contribution in [0.25, 0.3) is 0 Å². The highest BCUT2D eigenvalue weighted by Gasteiger charge is 2.14. The summed E-state index contributed by atoms with van der Waals surface area (Å²) in [6.45, 7) is 1.81. The molecule has 0 spiro atoms. The van der Waals surface area contributed by atoms with Crippen molar-refractivity contribution in [3.63, 3.8) is 0 Å². The van der Waals surface area contributed by atoms with Crippen LogP contribution in [0, 0.1) is 0 Å². The SMILES string of the molecule is CCCCCC(=O)CO[P+](=O)O. The summed E-state index contributed by atoms with van der Waals surface area (Å²) in [5.41, 5.74) is 0. The van der Waals surface area contributed by atoms with Crippen LogP contribution >= 0.6 is 8.25 Å². The van der Waals surface area contributed by atoms with Gasteiger partial charge in [0.05, 0.1) is 0 Å². The number of hydrogen-bond acceptors (Lipinski definition) is 3. The molecule has 4 nitrogen and oxygen atoms in total. The van der Waals surface area contributed by atoms with Gasteiger partial charge in [-0.05, 0) is 6.42 Å². The summed E-state index contributed by atoms with van der Waals surface area (Å²) >= 11 is 0. The van der Waals surface area contributed by atoms with Crippen LogP contribution in [0.5, 0.6) is 0 Å². The van der Waals surface area contributed by atoms with E-state index in [1.54, 1.807) is 0 Å². The van der Waals surface area contributed by atoms with E-state index in [1.165, 1.54) is 0 Å². The fourth-order valence-electron chi connectivity index (χ4n) is 0.772. The van der Waals surface area contributed by atoms with E-state index in [2.05, 4.69) is 4.52 Å². The molecule has 1 N–H and O–H groups in total. The van der Waals surface area contributed by atoms with Crippen molar-refractivity contribution in [3.8, 4) is 0 Å². The van der Waals surface area contributed by atoms with Gasteiger partial charge in [-0.15, -0.1) is 9.42 Å². The van der Waals surface area contributed by atoms with E-state index in [0.717, 1.165) is 19.3 Å². The highest BCUT2D eigenvalue weighted by atomic mass is 31.1. The third kappa shape index (κ3) is 7.79. The Hall–Kier alpha value is -0.310. The van der Waals surface area contributed by atoms with Crippen LogP contribution in [-0.2, 0) is 13.9 Å². The molecule has 0 aromatic rings. The molecule has 0 saturated heterocycles. The summed E-state index contributed by atoms with van der Waals surface area (Å²) in [6, 6.07) is 0. The minimum absolute atomic E-state index is 0.110. The van der Waals surface area contributed by atoms with E-state index < -0.39 is 8.25 Å². The van der Waals surface area contributed by atoms with E-state index >= 15 is 0 Å². The molecule has 5 heteroatoms. The topological polar surface area (TPSA) is 63.6 Å². The Morgan fingerprint density at radius 3 is 2.67 bits per heavy atom. The van der Waals surface area contributed by atoms with Crippen molar-refractivity contribution in [1.29, 1.82) is 0 Å². The van der Waals surface area contributed by atoms with Gasteiger partial charge < -0.3 is 0 Å². The van der Waals surface area contributed by atoms with Crippen LogP contribution in [-0.4, -0.2) is 17.3 Å². The molecule has 0 rings (SSSR count). The van der Waals surface area contributed by atoms with Gasteiger partial charge in [0.15, 0.2) is 12.4 Å². The lowest BCUT2D eigenvalue weighted by Crippen LogP contribution is -2.04. The van der Waals surface area contributed by atoms with Crippen molar-refractivity contribution in [2.24, 2.45) is 0 Å². The number of hydrogen-bond donors (Lipinski definition) is 1. The van der Waals surface area contributed by atoms with Crippen molar-refractivity contribution in [1.82, 2.24) is 0 Å². The lowest BCUT2D eigenvalue weighted by atomic mass is 10.1. The molecule has 0 aliphatic heterocycles. The maximum atomic E-state index is 10.9. The van der Waals surface area contributed by atoms with Crippen molar-refractivity contribution in [2.45, 2.75) is 32.6 Å². The van der Waals surface area contributed by atoms with Crippen LogP contribution in [0.4, 0.5) is 0 Å². The van der Waals surface area contributed by atoms with Gasteiger partial charge in [-0.25, -0.2) is 0 Å². The van der Waals surface area contributed by atoms with Gasteiger partial charge >= 0.3 is 8.25 Å². The molecule has 0 aromatic heterocycles. The first-order valence-electron chi connectivity index (χ1n) is 3.97. The molecular weight excluding hydrogens is 179 g/mol. The van der Waals surface area contributed by atoms with Gasteiger partial charge in [0, 0.05) is 11.0 Å². The quantitative estimate of drug-likeness (QED) is 0.494. The van der Waals surface area contributed by atoms with Crippen LogP contribution < -0.4 is 0 Å². The molecule has 1 unspecified atom stereocenters. The third-order valence-electron chi connectivity index (χ3n) is 1.40. The smallest absolute Gasteiger partial charge is 0.297 e. The normalized spacial score (nSPS) is 11.3. The highest BCUT2D eigenvalue weighted by molar-refractivity contribution is 7.32. The predicted octanol–water partition coefficient (Wildman–Crippen LogP) is 1.80. The van der Waals surface area contributed by atoms with Crippen molar-refractivity contribution >= 4 is 14.0 Å². The zero-order chi connectivity index (χ0) is 9.40. The molecule has 0 bridgehead atoms. The Balaban J connectivity index is 3.28. The van der Waals surface area contributed by atoms with Crippen LogP contribution in [0.2, 0.25) is 0 Å². The lowest BCUT2D eigenvalue weighted by molar-refractivity contribution is -0.121. The monoisotopic (exact) mass is 193 g/mol. The van der Waals surface area contributed by atoms with E-state index in [9.17, 15) is 9.36 Å². The highest BCUT2D eigenvalue weighted by Crippen LogP contribution is 2.14. The summed E-state index contributed by atoms with van der Waals surface area (Å²) in [5.74, 6) is -0.110. The number of rotatable bonds is 7. The summed E-state index contributed by atoms with van der Waals surface area (Å²) < 4.78 is 14.3. The minimum atomic E-state index is -2.62. The predicted molar refractivity (Wildman–Crippen MR) is 44.9 cm³/mol. The Kier molecular flexibility index (Phi) is 7.16. The van der Waals surface area contributed by atoms with Gasteiger partial charge in [-0.2, -0.15) is 0 Å². The van der Waals surface area contributed by atoms with Crippen molar-refractivity contribution in [3.05, 3.63) is 0 Å². The molecule has 70 valence electrons. The van der Waals surface area contributed by atoms with Gasteiger partial charge in [-0.3, -0.25) is 4.79 Å². The molecule has 1 atom stereocenters. The van der Waals surface area contributed by atoms with Gasteiger partial charge in [0.2, 0.25) is 0 Å². The van der Waals surface area contributed by atoms with Crippen molar-refractivity contribution in [2.75, 3.05) is 6.61 Å². The minimum Gasteiger partial charge on any atom is -0.297 e. The Morgan fingerprint density at radius 2 is 2.17 bits per heavy atom. The summed E-state index contributed by atoms with van der Waals surface area (Å²) in [5, 5.41) is 0. The molecule has 0 aliphatic carbocycles. The molecule has 0 fully saturated rings. The number of unbranched alkanes of at least 4 members (excludes halogenated alkanes) is 2. The number of ketones is 1. The standard InChI is InChI=1S/C7H13O4P/c1-2-3-4-5-7(8)6-11-12(9)10/h2-6H2,1H3/p+1. The maximum absolute atomic E-state index is 10.9. The van der Waals surface area contributed by atoms with Gasteiger partial charge in [0.25, 0.3) is 0 Å². The van der Waals surface area contributed by atoms with E-state index in [-0.39, 0.29) is 12.4 Å². The third-order valence-corrected chi connectivity index (χ3v) is 1.75. The zero-order valence-corrected chi connectivity index (χ0v) is 8.05. The average Bonchev–Trinajstić information content (AvgIpc) is 2.01. The fourth-order valence-corrected chi connectivity index (χ4v) is 1.03. The first-order valence-corrected chi connectivity index (χ1v) is 5.10. The second-order valence-electron chi connectivity index (χ2n) is 2.51. The van der Waals surface area contributed by atoms with E-state index in [0.29, 0.717) is 6.42 Å². The summed E-state index contributed by atoms with van der Waals surface area (Å²) in [6.07, 6.45) is 3.34. The molecule has 0 amide bonds. The van der Waals surface area contributed by atoms with E-state index in [1.807, 2.05) is 6.92 Å². The van der Waals surface area contributed by atoms with Gasteiger partial charge in [0.1, 0.15) is 0 Å². The zero-order valence-electron chi connectivity index (χ0n) is 7.15. The Labute approximate surface area is 72.9 Å². The van der Waals surface area contributed by atoms with Crippen LogP contribution in [0.15, 0.2) is 0 Å². The molecule has 0 heterocycles. The second-order valence-corrected chi connectivity index (χ2v) is 3.24. The lowest BCUT2D eigenvalue weighted by Gasteiger charge is -1.94. The average molecular weight is 193 g/mol.